The summed E-state index contributed by atoms with van der Waals surface area (Å²) in [7, 11) is 0. The van der Waals surface area contributed by atoms with Crippen molar-refractivity contribution in [3.8, 4) is 5.88 Å². The summed E-state index contributed by atoms with van der Waals surface area (Å²) in [4.78, 5) is 14.2. The fraction of sp³-hybridized carbons (Fsp3) is 0.292. The van der Waals surface area contributed by atoms with Crippen LogP contribution in [0.15, 0.2) is 64.9 Å². The fourth-order valence-electron chi connectivity index (χ4n) is 3.97. The molecule has 0 spiro atoms. The second-order valence-electron chi connectivity index (χ2n) is 7.80. The number of halogens is 2. The van der Waals surface area contributed by atoms with Crippen molar-refractivity contribution < 1.29 is 4.74 Å². The molecular formula is C24H24Cl2N4OS. The number of nitrogens with one attached hydrogen (secondary N) is 1. The predicted octanol–water partition coefficient (Wildman–Crippen LogP) is 6.08. The lowest BCUT2D eigenvalue weighted by Gasteiger charge is -2.40. The maximum atomic E-state index is 6.18. The van der Waals surface area contributed by atoms with E-state index in [2.05, 4.69) is 29.1 Å². The highest BCUT2D eigenvalue weighted by Gasteiger charge is 2.52. The van der Waals surface area contributed by atoms with Crippen molar-refractivity contribution in [3.05, 3.63) is 81.5 Å². The normalized spacial score (nSPS) is 22.4. The van der Waals surface area contributed by atoms with Crippen molar-refractivity contribution in [2.45, 2.75) is 37.0 Å². The maximum absolute atomic E-state index is 6.18. The predicted molar refractivity (Wildman–Crippen MR) is 132 cm³/mol. The Balaban J connectivity index is 1.89. The minimum atomic E-state index is -0.650. The van der Waals surface area contributed by atoms with Crippen molar-refractivity contribution in [2.75, 3.05) is 12.9 Å². The van der Waals surface area contributed by atoms with E-state index in [1.807, 2.05) is 61.7 Å². The second-order valence-corrected chi connectivity index (χ2v) is 9.45. The first-order valence-corrected chi connectivity index (χ1v) is 12.2. The van der Waals surface area contributed by atoms with Crippen LogP contribution in [0.25, 0.3) is 0 Å². The van der Waals surface area contributed by atoms with Gasteiger partial charge in [0.25, 0.3) is 0 Å². The Morgan fingerprint density at radius 2 is 1.56 bits per heavy atom. The van der Waals surface area contributed by atoms with Crippen LogP contribution < -0.4 is 10.1 Å². The van der Waals surface area contributed by atoms with Crippen LogP contribution >= 0.6 is 35.0 Å². The van der Waals surface area contributed by atoms with Gasteiger partial charge < -0.3 is 10.1 Å². The van der Waals surface area contributed by atoms with E-state index in [1.54, 1.807) is 6.20 Å². The highest BCUT2D eigenvalue weighted by atomic mass is 35.5. The molecule has 0 radical (unpaired) electrons. The van der Waals surface area contributed by atoms with Crippen LogP contribution in [0.5, 0.6) is 5.88 Å². The number of amidine groups is 1. The number of thioether (sulfide) groups is 1. The SMILES string of the molecule is CCOc1nc(SC)ncc1C1=N[C@@](C)(c2ccc(Cl)cc2)[C@](C)(c2ccc(Cl)cc2)N1. The lowest BCUT2D eigenvalue weighted by atomic mass is 9.72. The molecule has 0 saturated carbocycles. The van der Waals surface area contributed by atoms with E-state index in [4.69, 9.17) is 32.9 Å². The third-order valence-corrected chi connectivity index (χ3v) is 7.02. The third kappa shape index (κ3) is 3.96. The van der Waals surface area contributed by atoms with Crippen molar-refractivity contribution >= 4 is 40.8 Å². The molecule has 1 aliphatic rings. The maximum Gasteiger partial charge on any atom is 0.228 e. The summed E-state index contributed by atoms with van der Waals surface area (Å²) in [6.45, 7) is 6.68. The van der Waals surface area contributed by atoms with Gasteiger partial charge in [-0.3, -0.25) is 4.99 Å². The summed E-state index contributed by atoms with van der Waals surface area (Å²) in [6, 6.07) is 15.7. The molecule has 0 bridgehead atoms. The number of ether oxygens (including phenoxy) is 1. The van der Waals surface area contributed by atoms with Gasteiger partial charge in [-0.2, -0.15) is 4.98 Å². The second kappa shape index (κ2) is 8.93. The van der Waals surface area contributed by atoms with Gasteiger partial charge in [0.2, 0.25) is 5.88 Å². The Hall–Kier alpha value is -2.28. The zero-order valence-corrected chi connectivity index (χ0v) is 20.6. The van der Waals surface area contributed by atoms with Crippen LogP contribution in [0, 0.1) is 0 Å². The molecule has 1 N–H and O–H groups in total. The Labute approximate surface area is 202 Å². The summed E-state index contributed by atoms with van der Waals surface area (Å²) in [5.41, 5.74) is 1.58. The first kappa shape index (κ1) is 22.9. The molecule has 0 fully saturated rings. The number of benzene rings is 2. The van der Waals surface area contributed by atoms with E-state index < -0.39 is 11.1 Å². The van der Waals surface area contributed by atoms with Crippen LogP contribution in [0.2, 0.25) is 10.0 Å². The van der Waals surface area contributed by atoms with Gasteiger partial charge >= 0.3 is 0 Å². The van der Waals surface area contributed by atoms with Gasteiger partial charge in [-0.15, -0.1) is 0 Å². The third-order valence-electron chi connectivity index (χ3n) is 5.96. The van der Waals surface area contributed by atoms with Gasteiger partial charge in [0, 0.05) is 16.2 Å². The summed E-state index contributed by atoms with van der Waals surface area (Å²) in [5, 5.41) is 5.68. The molecule has 166 valence electrons. The summed E-state index contributed by atoms with van der Waals surface area (Å²) >= 11 is 13.8. The highest BCUT2D eigenvalue weighted by Crippen LogP contribution is 2.48. The molecule has 4 rings (SSSR count). The van der Waals surface area contributed by atoms with E-state index in [0.717, 1.165) is 16.7 Å². The fourth-order valence-corrected chi connectivity index (χ4v) is 4.56. The molecule has 0 unspecified atom stereocenters. The summed E-state index contributed by atoms with van der Waals surface area (Å²) < 4.78 is 5.85. The van der Waals surface area contributed by atoms with Crippen molar-refractivity contribution in [1.82, 2.24) is 15.3 Å². The topological polar surface area (TPSA) is 59.4 Å². The molecule has 32 heavy (non-hydrogen) atoms. The molecule has 0 aliphatic carbocycles. The molecular weight excluding hydrogens is 463 g/mol. The van der Waals surface area contributed by atoms with Gasteiger partial charge in [0.05, 0.1) is 17.7 Å². The molecule has 0 saturated heterocycles. The molecule has 5 nitrogen and oxygen atoms in total. The van der Waals surface area contributed by atoms with Crippen LogP contribution in [-0.4, -0.2) is 28.7 Å². The first-order valence-electron chi connectivity index (χ1n) is 10.2. The largest absolute Gasteiger partial charge is 0.477 e. The van der Waals surface area contributed by atoms with Crippen molar-refractivity contribution in [1.29, 1.82) is 0 Å². The molecule has 2 aromatic carbocycles. The van der Waals surface area contributed by atoms with Crippen LogP contribution in [-0.2, 0) is 11.1 Å². The smallest absolute Gasteiger partial charge is 0.228 e. The number of aromatic nitrogens is 2. The summed E-state index contributed by atoms with van der Waals surface area (Å²) in [6.07, 6.45) is 3.71. The summed E-state index contributed by atoms with van der Waals surface area (Å²) in [5.74, 6) is 1.19. The Morgan fingerprint density at radius 3 is 2.12 bits per heavy atom. The van der Waals surface area contributed by atoms with Crippen LogP contribution in [0.3, 0.4) is 0 Å². The van der Waals surface area contributed by atoms with Gasteiger partial charge in [-0.05, 0) is 62.4 Å². The molecule has 2 atom stereocenters. The highest BCUT2D eigenvalue weighted by molar-refractivity contribution is 7.98. The average molecular weight is 487 g/mol. The monoisotopic (exact) mass is 486 g/mol. The lowest BCUT2D eigenvalue weighted by Crippen LogP contribution is -2.50. The van der Waals surface area contributed by atoms with Crippen LogP contribution in [0.1, 0.15) is 37.5 Å². The molecule has 2 heterocycles. The number of aliphatic imine (C=N–C) groups is 1. The molecule has 3 aromatic rings. The Morgan fingerprint density at radius 1 is 0.969 bits per heavy atom. The zero-order valence-electron chi connectivity index (χ0n) is 18.3. The number of nitrogens with zero attached hydrogens (tertiary/aromatic N) is 3. The van der Waals surface area contributed by atoms with E-state index in [1.165, 1.54) is 11.8 Å². The average Bonchev–Trinajstić information content (AvgIpc) is 3.07. The quantitative estimate of drug-likeness (QED) is 0.337. The van der Waals surface area contributed by atoms with Gasteiger partial charge in [-0.25, -0.2) is 4.98 Å². The van der Waals surface area contributed by atoms with E-state index in [0.29, 0.717) is 33.5 Å². The molecule has 1 aromatic heterocycles. The molecule has 0 amide bonds. The minimum absolute atomic E-state index is 0.494. The zero-order chi connectivity index (χ0) is 22.9. The van der Waals surface area contributed by atoms with E-state index in [-0.39, 0.29) is 0 Å². The Kier molecular flexibility index (Phi) is 6.39. The van der Waals surface area contributed by atoms with Gasteiger partial charge in [0.15, 0.2) is 5.16 Å². The Bertz CT molecular complexity index is 1150. The minimum Gasteiger partial charge on any atom is -0.477 e. The number of hydrogen-bond donors (Lipinski definition) is 1. The molecule has 8 heteroatoms. The standard InChI is InChI=1S/C24H24Cl2N4OS/c1-5-31-21-19(14-27-22(28-21)32-4)20-29-23(2,15-6-10-17(25)11-7-15)24(3,30-20)16-8-12-18(26)13-9-16/h6-14H,5H2,1-4H3,(H,29,30)/t23-,24-/m0/s1. The van der Waals surface area contributed by atoms with Gasteiger partial charge in [0.1, 0.15) is 11.4 Å². The van der Waals surface area contributed by atoms with Gasteiger partial charge in [-0.1, -0.05) is 59.2 Å². The lowest BCUT2D eigenvalue weighted by molar-refractivity contribution is 0.268. The van der Waals surface area contributed by atoms with Crippen molar-refractivity contribution in [2.24, 2.45) is 4.99 Å². The first-order chi connectivity index (χ1) is 15.3. The number of rotatable bonds is 6. The molecule has 1 aliphatic heterocycles. The van der Waals surface area contributed by atoms with E-state index in [9.17, 15) is 0 Å². The number of hydrogen-bond acceptors (Lipinski definition) is 6. The van der Waals surface area contributed by atoms with E-state index >= 15 is 0 Å². The van der Waals surface area contributed by atoms with Crippen LogP contribution in [0.4, 0.5) is 0 Å². The van der Waals surface area contributed by atoms with Crippen molar-refractivity contribution in [3.63, 3.8) is 0 Å².